The normalized spacial score (nSPS) is 6.00. The molecule has 2 N–H and O–H groups in total. The summed E-state index contributed by atoms with van der Waals surface area (Å²) in [7, 11) is 0. The van der Waals surface area contributed by atoms with E-state index in [0.717, 1.165) is 0 Å². The molecular weight excluding hydrogens is 89.5 g/mol. The average molecular weight is 96.5 g/mol. The summed E-state index contributed by atoms with van der Waals surface area (Å²) in [6, 6.07) is 0. The molecule has 0 aliphatic carbocycles. The minimum atomic E-state index is 0. The quantitative estimate of drug-likeness (QED) is 0.351. The van der Waals surface area contributed by atoms with Gasteiger partial charge in [-0.3, -0.25) is 0 Å². The van der Waals surface area contributed by atoms with Crippen molar-refractivity contribution in [1.29, 1.82) is 0 Å². The molecule has 3 heteroatoms. The second kappa shape index (κ2) is 8.88. The van der Waals surface area contributed by atoms with Crippen molar-refractivity contribution in [3.05, 3.63) is 0 Å². The maximum atomic E-state index is 4.53. The van der Waals surface area contributed by atoms with Crippen LogP contribution in [0.5, 0.6) is 0 Å². The fourth-order valence-corrected chi connectivity index (χ4v) is 0. The van der Waals surface area contributed by atoms with Crippen LogP contribution in [0.15, 0.2) is 0 Å². The summed E-state index contributed by atoms with van der Waals surface area (Å²) in [4.78, 5) is 4.04. The first kappa shape index (κ1) is 8.96. The Hall–Kier alpha value is 0.210. The van der Waals surface area contributed by atoms with E-state index in [1.165, 1.54) is 0 Å². The monoisotopic (exact) mass is 96.0 g/mol. The number of hydrogen-bond donors (Lipinski definition) is 1. The van der Waals surface area contributed by atoms with Gasteiger partial charge in [0.2, 0.25) is 0 Å². The highest BCUT2D eigenvalue weighted by Gasteiger charge is 1.52. The van der Waals surface area contributed by atoms with Crippen molar-refractivity contribution >= 4 is 0 Å². The van der Waals surface area contributed by atoms with E-state index in [2.05, 4.69) is 10.7 Å². The van der Waals surface area contributed by atoms with Gasteiger partial charge in [-0.25, -0.2) is 5.90 Å². The topological polar surface area (TPSA) is 35.2 Å². The van der Waals surface area contributed by atoms with E-state index < -0.39 is 0 Å². The zero-order valence-corrected chi connectivity index (χ0v) is 3.83. The van der Waals surface area contributed by atoms with Crippen molar-refractivity contribution in [3.8, 4) is 0 Å². The summed E-state index contributed by atoms with van der Waals surface area (Å²) in [5.74, 6) is 4.53. The first-order valence-electron chi connectivity index (χ1n) is 1.23. The fraction of sp³-hybridized carbons (Fsp3) is 1.00. The molecular formula is C2H7ClNO-. The molecule has 0 atom stereocenters. The highest BCUT2D eigenvalue weighted by Crippen LogP contribution is 1.46. The van der Waals surface area contributed by atoms with Crippen LogP contribution in [-0.4, -0.2) is 6.61 Å². The number of rotatable bonds is 1. The minimum absolute atomic E-state index is 0. The predicted octanol–water partition coefficient (Wildman–Crippen LogP) is -3.10. The number of halogens is 1. The van der Waals surface area contributed by atoms with Gasteiger partial charge in [-0.05, 0) is 6.92 Å². The smallest absolute Gasteiger partial charge is 0.0651 e. The average Bonchev–Trinajstić information content (AvgIpc) is 1.37. The van der Waals surface area contributed by atoms with E-state index in [1.807, 2.05) is 6.92 Å². The Balaban J connectivity index is 0. The number of hydrogen-bond acceptors (Lipinski definition) is 2. The highest BCUT2D eigenvalue weighted by atomic mass is 35.5. The summed E-state index contributed by atoms with van der Waals surface area (Å²) >= 11 is 0. The third-order valence-corrected chi connectivity index (χ3v) is 0.167. The Kier molecular flexibility index (Phi) is 15.9. The Morgan fingerprint density at radius 2 is 2.00 bits per heavy atom. The first-order valence-corrected chi connectivity index (χ1v) is 1.23. The minimum Gasteiger partial charge on any atom is -1.00 e. The summed E-state index contributed by atoms with van der Waals surface area (Å²) < 4.78 is 0. The van der Waals surface area contributed by atoms with Gasteiger partial charge in [-0.1, -0.05) is 0 Å². The van der Waals surface area contributed by atoms with Crippen molar-refractivity contribution in [2.24, 2.45) is 5.90 Å². The lowest BCUT2D eigenvalue weighted by atomic mass is 10.9. The van der Waals surface area contributed by atoms with E-state index in [1.54, 1.807) is 0 Å². The molecule has 0 bridgehead atoms. The van der Waals surface area contributed by atoms with Crippen LogP contribution in [0.4, 0.5) is 0 Å². The fourth-order valence-electron chi connectivity index (χ4n) is 0. The standard InChI is InChI=1S/C2H7NO.ClH/c1-2-4-3;/h2-3H2,1H3;1H/p-1. The molecule has 0 saturated heterocycles. The van der Waals surface area contributed by atoms with Crippen molar-refractivity contribution < 1.29 is 17.2 Å². The van der Waals surface area contributed by atoms with E-state index >= 15 is 0 Å². The molecule has 0 aliphatic rings. The van der Waals surface area contributed by atoms with Crippen LogP contribution in [-0.2, 0) is 4.84 Å². The van der Waals surface area contributed by atoms with Gasteiger partial charge >= 0.3 is 0 Å². The van der Waals surface area contributed by atoms with Gasteiger partial charge in [-0.2, -0.15) is 0 Å². The zero-order valence-electron chi connectivity index (χ0n) is 3.07. The Bertz CT molecular complexity index is 11.6. The maximum Gasteiger partial charge on any atom is 0.0651 e. The van der Waals surface area contributed by atoms with Crippen molar-refractivity contribution in [3.63, 3.8) is 0 Å². The van der Waals surface area contributed by atoms with E-state index in [9.17, 15) is 0 Å². The molecule has 0 heterocycles. The first-order chi connectivity index (χ1) is 1.91. The highest BCUT2D eigenvalue weighted by molar-refractivity contribution is 3.91. The SMILES string of the molecule is CCON.[Cl-]. The second-order valence-electron chi connectivity index (χ2n) is 0.455. The Labute approximate surface area is 37.7 Å². The molecule has 34 valence electrons. The third-order valence-electron chi connectivity index (χ3n) is 0.167. The molecule has 0 spiro atoms. The summed E-state index contributed by atoms with van der Waals surface area (Å²) in [5.41, 5.74) is 0. The molecule has 0 radical (unpaired) electrons. The molecule has 5 heavy (non-hydrogen) atoms. The lowest BCUT2D eigenvalue weighted by Gasteiger charge is -1.76. The van der Waals surface area contributed by atoms with Crippen LogP contribution in [0, 0.1) is 0 Å². The molecule has 0 fully saturated rings. The largest absolute Gasteiger partial charge is 1.00 e. The molecule has 0 rings (SSSR count). The molecule has 0 amide bonds. The van der Waals surface area contributed by atoms with E-state index in [-0.39, 0.29) is 12.4 Å². The van der Waals surface area contributed by atoms with Crippen LogP contribution in [0.1, 0.15) is 6.92 Å². The summed E-state index contributed by atoms with van der Waals surface area (Å²) in [5, 5.41) is 0. The van der Waals surface area contributed by atoms with Crippen molar-refractivity contribution in [2.45, 2.75) is 6.92 Å². The van der Waals surface area contributed by atoms with Gasteiger partial charge in [0.05, 0.1) is 6.61 Å². The van der Waals surface area contributed by atoms with Crippen molar-refractivity contribution in [1.82, 2.24) is 0 Å². The molecule has 2 nitrogen and oxygen atoms in total. The lowest BCUT2D eigenvalue weighted by Crippen LogP contribution is -3.00. The van der Waals surface area contributed by atoms with Crippen molar-refractivity contribution in [2.75, 3.05) is 6.61 Å². The van der Waals surface area contributed by atoms with Crippen LogP contribution < -0.4 is 18.3 Å². The van der Waals surface area contributed by atoms with Gasteiger partial charge in [-0.15, -0.1) is 0 Å². The van der Waals surface area contributed by atoms with Crippen LogP contribution in [0.2, 0.25) is 0 Å². The Morgan fingerprint density at radius 1 is 1.80 bits per heavy atom. The third kappa shape index (κ3) is 14.0. The van der Waals surface area contributed by atoms with Crippen LogP contribution >= 0.6 is 0 Å². The van der Waals surface area contributed by atoms with Crippen LogP contribution in [0.3, 0.4) is 0 Å². The lowest BCUT2D eigenvalue weighted by molar-refractivity contribution is -0.00000141. The molecule has 0 aromatic rings. The van der Waals surface area contributed by atoms with E-state index in [4.69, 9.17) is 0 Å². The molecule has 0 aromatic heterocycles. The van der Waals surface area contributed by atoms with Gasteiger partial charge < -0.3 is 17.2 Å². The molecule has 0 saturated carbocycles. The predicted molar refractivity (Wildman–Crippen MR) is 15.8 cm³/mol. The van der Waals surface area contributed by atoms with Crippen LogP contribution in [0.25, 0.3) is 0 Å². The zero-order chi connectivity index (χ0) is 3.41. The summed E-state index contributed by atoms with van der Waals surface area (Å²) in [6.07, 6.45) is 0. The van der Waals surface area contributed by atoms with Gasteiger partial charge in [0.1, 0.15) is 0 Å². The number of nitrogens with two attached hydrogens (primary N) is 1. The Morgan fingerprint density at radius 3 is 2.00 bits per heavy atom. The molecule has 0 aliphatic heterocycles. The summed E-state index contributed by atoms with van der Waals surface area (Å²) in [6.45, 7) is 2.43. The van der Waals surface area contributed by atoms with Gasteiger partial charge in [0, 0.05) is 0 Å². The maximum absolute atomic E-state index is 4.53. The molecule has 0 unspecified atom stereocenters. The van der Waals surface area contributed by atoms with Gasteiger partial charge in [0.15, 0.2) is 0 Å². The van der Waals surface area contributed by atoms with E-state index in [0.29, 0.717) is 6.61 Å². The second-order valence-corrected chi connectivity index (χ2v) is 0.455. The molecule has 0 aromatic carbocycles. The van der Waals surface area contributed by atoms with Gasteiger partial charge in [0.25, 0.3) is 0 Å².